The zero-order chi connectivity index (χ0) is 14.5. The van der Waals surface area contributed by atoms with Crippen LogP contribution < -0.4 is 21.7 Å². The lowest BCUT2D eigenvalue weighted by Gasteiger charge is -2.19. The van der Waals surface area contributed by atoms with Crippen LogP contribution in [0, 0.1) is 0 Å². The molecular formula is C13H19N7. The zero-order valence-electron chi connectivity index (χ0n) is 11.7. The van der Waals surface area contributed by atoms with Crippen LogP contribution in [-0.2, 0) is 0 Å². The molecule has 0 amide bonds. The van der Waals surface area contributed by atoms with Gasteiger partial charge in [0, 0.05) is 24.5 Å². The number of nitrogen functional groups attached to an aromatic ring is 2. The van der Waals surface area contributed by atoms with Crippen molar-refractivity contribution in [2.75, 3.05) is 34.8 Å². The molecule has 1 aromatic heterocycles. The van der Waals surface area contributed by atoms with Crippen LogP contribution in [0.25, 0.3) is 0 Å². The molecule has 0 saturated heterocycles. The van der Waals surface area contributed by atoms with E-state index in [4.69, 9.17) is 11.5 Å². The molecule has 0 unspecified atom stereocenters. The van der Waals surface area contributed by atoms with Crippen molar-refractivity contribution in [3.8, 4) is 0 Å². The first kappa shape index (κ1) is 13.9. The molecule has 0 aliphatic carbocycles. The summed E-state index contributed by atoms with van der Waals surface area (Å²) in [4.78, 5) is 14.6. The minimum absolute atomic E-state index is 0.188. The van der Waals surface area contributed by atoms with Gasteiger partial charge in [0.25, 0.3) is 0 Å². The number of nitrogens with two attached hydrogens (primary N) is 2. The Morgan fingerprint density at radius 1 is 1.10 bits per heavy atom. The van der Waals surface area contributed by atoms with Crippen molar-refractivity contribution >= 4 is 29.2 Å². The van der Waals surface area contributed by atoms with Crippen molar-refractivity contribution in [2.24, 2.45) is 0 Å². The van der Waals surface area contributed by atoms with Crippen molar-refractivity contribution in [3.05, 3.63) is 24.3 Å². The highest BCUT2D eigenvalue weighted by atomic mass is 15.3. The molecule has 0 atom stereocenters. The monoisotopic (exact) mass is 273 g/mol. The third kappa shape index (κ3) is 3.25. The van der Waals surface area contributed by atoms with Gasteiger partial charge in [-0.2, -0.15) is 15.0 Å². The van der Waals surface area contributed by atoms with E-state index in [9.17, 15) is 0 Å². The van der Waals surface area contributed by atoms with Gasteiger partial charge >= 0.3 is 0 Å². The van der Waals surface area contributed by atoms with Gasteiger partial charge < -0.3 is 21.7 Å². The Morgan fingerprint density at radius 2 is 1.85 bits per heavy atom. The fourth-order valence-corrected chi connectivity index (χ4v) is 1.83. The number of aromatic nitrogens is 3. The number of nitrogens with one attached hydrogen (secondary N) is 1. The minimum Gasteiger partial charge on any atom is -0.399 e. The molecule has 106 valence electrons. The Balaban J connectivity index is 2.28. The van der Waals surface area contributed by atoms with Gasteiger partial charge in [0.15, 0.2) is 0 Å². The summed E-state index contributed by atoms with van der Waals surface area (Å²) in [6.45, 7) is 5.68. The van der Waals surface area contributed by atoms with E-state index in [0.717, 1.165) is 18.8 Å². The molecule has 2 rings (SSSR count). The second kappa shape index (κ2) is 6.05. The normalized spacial score (nSPS) is 10.3. The molecule has 2 aromatic rings. The Labute approximate surface area is 118 Å². The molecule has 0 aliphatic rings. The molecule has 0 bridgehead atoms. The van der Waals surface area contributed by atoms with E-state index < -0.39 is 0 Å². The number of anilines is 5. The van der Waals surface area contributed by atoms with Gasteiger partial charge in [0.2, 0.25) is 17.8 Å². The highest BCUT2D eigenvalue weighted by molar-refractivity contribution is 5.60. The third-order valence-electron chi connectivity index (χ3n) is 2.83. The molecule has 1 heterocycles. The molecule has 7 nitrogen and oxygen atoms in total. The minimum atomic E-state index is 0.188. The summed E-state index contributed by atoms with van der Waals surface area (Å²) >= 11 is 0. The first-order chi connectivity index (χ1) is 9.62. The molecule has 20 heavy (non-hydrogen) atoms. The van der Waals surface area contributed by atoms with Gasteiger partial charge in [0.05, 0.1) is 0 Å². The van der Waals surface area contributed by atoms with Crippen LogP contribution in [0.15, 0.2) is 24.3 Å². The predicted molar refractivity (Wildman–Crippen MR) is 81.9 cm³/mol. The smallest absolute Gasteiger partial charge is 0.233 e. The van der Waals surface area contributed by atoms with E-state index in [1.54, 1.807) is 6.07 Å². The fourth-order valence-electron chi connectivity index (χ4n) is 1.83. The van der Waals surface area contributed by atoms with Crippen LogP contribution in [0.1, 0.15) is 13.8 Å². The number of rotatable bonds is 5. The lowest BCUT2D eigenvalue weighted by atomic mass is 10.3. The van der Waals surface area contributed by atoms with E-state index in [-0.39, 0.29) is 5.95 Å². The number of hydrogen-bond acceptors (Lipinski definition) is 7. The van der Waals surface area contributed by atoms with E-state index in [0.29, 0.717) is 17.6 Å². The van der Waals surface area contributed by atoms with Crippen molar-refractivity contribution in [2.45, 2.75) is 13.8 Å². The van der Waals surface area contributed by atoms with E-state index in [1.165, 1.54) is 0 Å². The topological polar surface area (TPSA) is 106 Å². The van der Waals surface area contributed by atoms with Crippen LogP contribution in [0.4, 0.5) is 29.2 Å². The maximum atomic E-state index is 5.74. The van der Waals surface area contributed by atoms with Crippen LogP contribution >= 0.6 is 0 Å². The summed E-state index contributed by atoms with van der Waals surface area (Å²) in [5, 5.41) is 3.08. The van der Waals surface area contributed by atoms with Gasteiger partial charge in [-0.05, 0) is 32.0 Å². The SMILES string of the molecule is CCN(CC)c1nc(N)nc(Nc2cccc(N)c2)n1. The van der Waals surface area contributed by atoms with Crippen LogP contribution in [0.3, 0.4) is 0 Å². The summed E-state index contributed by atoms with van der Waals surface area (Å²) in [5.41, 5.74) is 12.9. The lowest BCUT2D eigenvalue weighted by molar-refractivity contribution is 0.816. The maximum absolute atomic E-state index is 5.74. The molecule has 0 saturated carbocycles. The molecule has 0 fully saturated rings. The Kier molecular flexibility index (Phi) is 4.19. The molecule has 5 N–H and O–H groups in total. The summed E-state index contributed by atoms with van der Waals surface area (Å²) in [5.74, 6) is 1.16. The lowest BCUT2D eigenvalue weighted by Crippen LogP contribution is -2.25. The largest absolute Gasteiger partial charge is 0.399 e. The van der Waals surface area contributed by atoms with Crippen molar-refractivity contribution in [1.82, 2.24) is 15.0 Å². The summed E-state index contributed by atoms with van der Waals surface area (Å²) in [7, 11) is 0. The first-order valence-corrected chi connectivity index (χ1v) is 6.51. The van der Waals surface area contributed by atoms with E-state index in [2.05, 4.69) is 20.3 Å². The molecule has 0 radical (unpaired) electrons. The highest BCUT2D eigenvalue weighted by Crippen LogP contribution is 2.18. The highest BCUT2D eigenvalue weighted by Gasteiger charge is 2.09. The second-order valence-corrected chi connectivity index (χ2v) is 4.24. The van der Waals surface area contributed by atoms with Crippen molar-refractivity contribution in [1.29, 1.82) is 0 Å². The molecule has 0 aliphatic heterocycles. The number of hydrogen-bond donors (Lipinski definition) is 3. The Morgan fingerprint density at radius 3 is 2.50 bits per heavy atom. The zero-order valence-corrected chi connectivity index (χ0v) is 11.7. The third-order valence-corrected chi connectivity index (χ3v) is 2.83. The standard InChI is InChI=1S/C13H19N7/c1-3-20(4-2)13-18-11(15)17-12(19-13)16-10-7-5-6-9(14)8-10/h5-8H,3-4,14H2,1-2H3,(H3,15,16,17,18,19). The maximum Gasteiger partial charge on any atom is 0.233 e. The average Bonchev–Trinajstić information content (AvgIpc) is 2.39. The average molecular weight is 273 g/mol. The first-order valence-electron chi connectivity index (χ1n) is 6.51. The second-order valence-electron chi connectivity index (χ2n) is 4.24. The van der Waals surface area contributed by atoms with Crippen molar-refractivity contribution < 1.29 is 0 Å². The van der Waals surface area contributed by atoms with Gasteiger partial charge in [-0.3, -0.25) is 0 Å². The Hall–Kier alpha value is -2.57. The molecule has 1 aromatic carbocycles. The van der Waals surface area contributed by atoms with Crippen LogP contribution in [0.5, 0.6) is 0 Å². The summed E-state index contributed by atoms with van der Waals surface area (Å²) in [6, 6.07) is 7.35. The van der Waals surface area contributed by atoms with E-state index >= 15 is 0 Å². The Bertz CT molecular complexity index is 581. The predicted octanol–water partition coefficient (Wildman–Crippen LogP) is 1.63. The number of benzene rings is 1. The molecule has 7 heteroatoms. The van der Waals surface area contributed by atoms with Crippen molar-refractivity contribution in [3.63, 3.8) is 0 Å². The summed E-state index contributed by atoms with van der Waals surface area (Å²) < 4.78 is 0. The summed E-state index contributed by atoms with van der Waals surface area (Å²) in [6.07, 6.45) is 0. The van der Waals surface area contributed by atoms with Crippen LogP contribution in [0.2, 0.25) is 0 Å². The van der Waals surface area contributed by atoms with E-state index in [1.807, 2.05) is 36.9 Å². The molecule has 0 spiro atoms. The fraction of sp³-hybridized carbons (Fsp3) is 0.308. The van der Waals surface area contributed by atoms with Crippen LogP contribution in [-0.4, -0.2) is 28.0 Å². The van der Waals surface area contributed by atoms with Gasteiger partial charge in [-0.25, -0.2) is 0 Å². The van der Waals surface area contributed by atoms with Gasteiger partial charge in [-0.1, -0.05) is 6.07 Å². The van der Waals surface area contributed by atoms with Gasteiger partial charge in [-0.15, -0.1) is 0 Å². The quantitative estimate of drug-likeness (QED) is 0.711. The molecular weight excluding hydrogens is 254 g/mol. The number of nitrogens with zero attached hydrogens (tertiary/aromatic N) is 4. The van der Waals surface area contributed by atoms with Gasteiger partial charge in [0.1, 0.15) is 0 Å².